The fraction of sp³-hybridized carbons (Fsp3) is 0.706. The molecule has 1 aromatic heterocycles. The molecule has 1 aliphatic heterocycles. The molecule has 2 heterocycles. The number of anilines is 1. The molecule has 3 nitrogen and oxygen atoms in total. The second-order valence-electron chi connectivity index (χ2n) is 6.68. The number of nitrogens with zero attached hydrogens (tertiary/aromatic N) is 2. The van der Waals surface area contributed by atoms with E-state index in [9.17, 15) is 4.39 Å². The van der Waals surface area contributed by atoms with E-state index in [2.05, 4.69) is 36.0 Å². The van der Waals surface area contributed by atoms with E-state index in [-0.39, 0.29) is 5.82 Å². The Morgan fingerprint density at radius 3 is 2.95 bits per heavy atom. The molecular formula is C17H28FN3. The molecule has 1 unspecified atom stereocenters. The molecule has 1 N–H and O–H groups in total. The SMILES string of the molecule is CC(C)CNCc1cc(F)cnc1N1CCCC(C)CC1. The Bertz CT molecular complexity index is 448. The van der Waals surface area contributed by atoms with Gasteiger partial charge in [0.15, 0.2) is 0 Å². The van der Waals surface area contributed by atoms with Gasteiger partial charge in [0.25, 0.3) is 0 Å². The number of pyridine rings is 1. The van der Waals surface area contributed by atoms with Crippen molar-refractivity contribution in [1.82, 2.24) is 10.3 Å². The lowest BCUT2D eigenvalue weighted by Crippen LogP contribution is -2.28. The minimum Gasteiger partial charge on any atom is -0.356 e. The van der Waals surface area contributed by atoms with Crippen LogP contribution in [-0.2, 0) is 6.54 Å². The zero-order valence-electron chi connectivity index (χ0n) is 13.5. The third-order valence-electron chi connectivity index (χ3n) is 4.09. The van der Waals surface area contributed by atoms with Gasteiger partial charge < -0.3 is 10.2 Å². The van der Waals surface area contributed by atoms with Crippen LogP contribution in [0.15, 0.2) is 12.3 Å². The topological polar surface area (TPSA) is 28.2 Å². The summed E-state index contributed by atoms with van der Waals surface area (Å²) >= 11 is 0. The molecule has 1 saturated heterocycles. The highest BCUT2D eigenvalue weighted by Gasteiger charge is 2.18. The lowest BCUT2D eigenvalue weighted by atomic mass is 10.0. The maximum atomic E-state index is 13.5. The van der Waals surface area contributed by atoms with Crippen molar-refractivity contribution in [2.24, 2.45) is 11.8 Å². The predicted molar refractivity (Wildman–Crippen MR) is 86.0 cm³/mol. The molecule has 1 atom stereocenters. The van der Waals surface area contributed by atoms with Crippen LogP contribution in [0.25, 0.3) is 0 Å². The smallest absolute Gasteiger partial charge is 0.141 e. The zero-order valence-corrected chi connectivity index (χ0v) is 13.5. The van der Waals surface area contributed by atoms with Gasteiger partial charge in [0.1, 0.15) is 11.6 Å². The Hall–Kier alpha value is -1.16. The van der Waals surface area contributed by atoms with Crippen molar-refractivity contribution < 1.29 is 4.39 Å². The van der Waals surface area contributed by atoms with Crippen molar-refractivity contribution in [2.45, 2.75) is 46.6 Å². The Kier molecular flexibility index (Phi) is 5.97. The first-order chi connectivity index (χ1) is 10.1. The first-order valence-electron chi connectivity index (χ1n) is 8.16. The molecule has 2 rings (SSSR count). The Balaban J connectivity index is 2.09. The summed E-state index contributed by atoms with van der Waals surface area (Å²) in [5.41, 5.74) is 0.977. The minimum absolute atomic E-state index is 0.247. The summed E-state index contributed by atoms with van der Waals surface area (Å²) in [5, 5.41) is 3.40. The Labute approximate surface area is 127 Å². The van der Waals surface area contributed by atoms with Crippen LogP contribution in [-0.4, -0.2) is 24.6 Å². The highest BCUT2D eigenvalue weighted by molar-refractivity contribution is 5.47. The van der Waals surface area contributed by atoms with Gasteiger partial charge in [0.05, 0.1) is 6.20 Å². The number of rotatable bonds is 5. The molecule has 0 saturated carbocycles. The standard InChI is InChI=1S/C17H28FN3/c1-13(2)10-19-11-15-9-16(18)12-20-17(15)21-7-4-5-14(3)6-8-21/h9,12-14,19H,4-8,10-11H2,1-3H3. The molecule has 0 aliphatic carbocycles. The molecule has 1 fully saturated rings. The number of hydrogen-bond acceptors (Lipinski definition) is 3. The number of halogens is 1. The van der Waals surface area contributed by atoms with E-state index >= 15 is 0 Å². The normalized spacial score (nSPS) is 19.9. The largest absolute Gasteiger partial charge is 0.356 e. The fourth-order valence-corrected chi connectivity index (χ4v) is 2.86. The Morgan fingerprint density at radius 2 is 2.19 bits per heavy atom. The van der Waals surface area contributed by atoms with Crippen molar-refractivity contribution in [1.29, 1.82) is 0 Å². The van der Waals surface area contributed by atoms with E-state index in [0.717, 1.165) is 36.9 Å². The van der Waals surface area contributed by atoms with Gasteiger partial charge in [0, 0.05) is 25.2 Å². The van der Waals surface area contributed by atoms with E-state index < -0.39 is 0 Å². The van der Waals surface area contributed by atoms with E-state index in [1.54, 1.807) is 6.07 Å². The van der Waals surface area contributed by atoms with Crippen LogP contribution >= 0.6 is 0 Å². The van der Waals surface area contributed by atoms with Gasteiger partial charge in [-0.1, -0.05) is 20.8 Å². The summed E-state index contributed by atoms with van der Waals surface area (Å²) in [6.45, 7) is 10.3. The molecular weight excluding hydrogens is 265 g/mol. The van der Waals surface area contributed by atoms with E-state index in [1.165, 1.54) is 25.5 Å². The van der Waals surface area contributed by atoms with Crippen molar-refractivity contribution in [3.8, 4) is 0 Å². The average Bonchev–Trinajstić information content (AvgIpc) is 2.63. The van der Waals surface area contributed by atoms with Crippen molar-refractivity contribution in [2.75, 3.05) is 24.5 Å². The molecule has 1 aromatic rings. The Morgan fingerprint density at radius 1 is 1.38 bits per heavy atom. The quantitative estimate of drug-likeness (QED) is 0.899. The minimum atomic E-state index is -0.247. The van der Waals surface area contributed by atoms with Crippen LogP contribution in [0.4, 0.5) is 10.2 Å². The second kappa shape index (κ2) is 7.74. The fourth-order valence-electron chi connectivity index (χ4n) is 2.86. The van der Waals surface area contributed by atoms with Crippen LogP contribution in [0.1, 0.15) is 45.6 Å². The van der Waals surface area contributed by atoms with Crippen LogP contribution in [0.5, 0.6) is 0 Å². The molecule has 118 valence electrons. The lowest BCUT2D eigenvalue weighted by Gasteiger charge is -2.24. The summed E-state index contributed by atoms with van der Waals surface area (Å²) in [4.78, 5) is 6.71. The predicted octanol–water partition coefficient (Wildman–Crippen LogP) is 3.59. The highest BCUT2D eigenvalue weighted by Crippen LogP contribution is 2.24. The summed E-state index contributed by atoms with van der Waals surface area (Å²) in [6.07, 6.45) is 5.01. The molecule has 0 bridgehead atoms. The van der Waals surface area contributed by atoms with Crippen LogP contribution in [0.3, 0.4) is 0 Å². The first-order valence-corrected chi connectivity index (χ1v) is 8.16. The summed E-state index contributed by atoms with van der Waals surface area (Å²) in [5.74, 6) is 2.08. The van der Waals surface area contributed by atoms with Gasteiger partial charge in [-0.2, -0.15) is 0 Å². The maximum Gasteiger partial charge on any atom is 0.141 e. The molecule has 4 heteroatoms. The number of nitrogens with one attached hydrogen (secondary N) is 1. The van der Waals surface area contributed by atoms with Crippen molar-refractivity contribution >= 4 is 5.82 Å². The lowest BCUT2D eigenvalue weighted by molar-refractivity contribution is 0.520. The van der Waals surface area contributed by atoms with Gasteiger partial charge in [-0.05, 0) is 43.7 Å². The second-order valence-corrected chi connectivity index (χ2v) is 6.68. The van der Waals surface area contributed by atoms with Gasteiger partial charge in [-0.15, -0.1) is 0 Å². The van der Waals surface area contributed by atoms with E-state index in [1.807, 2.05) is 0 Å². The third-order valence-corrected chi connectivity index (χ3v) is 4.09. The van der Waals surface area contributed by atoms with Crippen LogP contribution in [0, 0.1) is 17.7 Å². The number of hydrogen-bond donors (Lipinski definition) is 1. The maximum absolute atomic E-state index is 13.5. The summed E-state index contributed by atoms with van der Waals surface area (Å²) in [7, 11) is 0. The third kappa shape index (κ3) is 4.95. The molecule has 21 heavy (non-hydrogen) atoms. The van der Waals surface area contributed by atoms with Gasteiger partial charge >= 0.3 is 0 Å². The molecule has 0 aromatic carbocycles. The molecule has 0 amide bonds. The average molecular weight is 293 g/mol. The van der Waals surface area contributed by atoms with Crippen LogP contribution in [0.2, 0.25) is 0 Å². The molecule has 0 spiro atoms. The van der Waals surface area contributed by atoms with Crippen molar-refractivity contribution in [3.05, 3.63) is 23.6 Å². The van der Waals surface area contributed by atoms with Gasteiger partial charge in [-0.3, -0.25) is 0 Å². The highest BCUT2D eigenvalue weighted by atomic mass is 19.1. The molecule has 0 radical (unpaired) electrons. The monoisotopic (exact) mass is 293 g/mol. The van der Waals surface area contributed by atoms with E-state index in [4.69, 9.17) is 0 Å². The van der Waals surface area contributed by atoms with Crippen molar-refractivity contribution in [3.63, 3.8) is 0 Å². The van der Waals surface area contributed by atoms with Crippen LogP contribution < -0.4 is 10.2 Å². The van der Waals surface area contributed by atoms with Gasteiger partial charge in [0.2, 0.25) is 0 Å². The summed E-state index contributed by atoms with van der Waals surface area (Å²) in [6, 6.07) is 1.63. The summed E-state index contributed by atoms with van der Waals surface area (Å²) < 4.78 is 13.5. The van der Waals surface area contributed by atoms with Gasteiger partial charge in [-0.25, -0.2) is 9.37 Å². The number of aromatic nitrogens is 1. The molecule has 1 aliphatic rings. The van der Waals surface area contributed by atoms with E-state index in [0.29, 0.717) is 12.5 Å². The first kappa shape index (κ1) is 16.2. The zero-order chi connectivity index (χ0) is 15.2.